The van der Waals surface area contributed by atoms with Crippen LogP contribution >= 0.6 is 0 Å². The third kappa shape index (κ3) is 2.93. The summed E-state index contributed by atoms with van der Waals surface area (Å²) in [4.78, 5) is 17.3. The summed E-state index contributed by atoms with van der Waals surface area (Å²) in [7, 11) is 1.68. The molecule has 94 valence electrons. The molecule has 2 N–H and O–H groups in total. The third-order valence-corrected chi connectivity index (χ3v) is 3.01. The Balaban J connectivity index is 3.00. The Hall–Kier alpha value is -1.65. The predicted octanol–water partition coefficient (Wildman–Crippen LogP) is 1.92. The lowest BCUT2D eigenvalue weighted by Gasteiger charge is -2.28. The van der Waals surface area contributed by atoms with Gasteiger partial charge in [-0.2, -0.15) is 0 Å². The third-order valence-electron chi connectivity index (χ3n) is 3.01. The zero-order valence-corrected chi connectivity index (χ0v) is 10.6. The van der Waals surface area contributed by atoms with Gasteiger partial charge in [0.05, 0.1) is 11.8 Å². The number of nitrogens with zero attached hydrogens (tertiary/aromatic N) is 2. The van der Waals surface area contributed by atoms with Crippen molar-refractivity contribution in [2.24, 2.45) is 5.92 Å². The maximum Gasteiger partial charge on any atom is 0.257 e. The van der Waals surface area contributed by atoms with E-state index >= 15 is 0 Å². The largest absolute Gasteiger partial charge is 0.383 e. The minimum atomic E-state index is -0.562. The molecule has 17 heavy (non-hydrogen) atoms. The topological polar surface area (TPSA) is 59.2 Å². The van der Waals surface area contributed by atoms with Crippen molar-refractivity contribution >= 4 is 11.7 Å². The first kappa shape index (κ1) is 13.4. The molecule has 0 aliphatic heterocycles. The number of carbonyl (C=O) groups is 1. The number of anilines is 1. The Morgan fingerprint density at radius 1 is 1.47 bits per heavy atom. The van der Waals surface area contributed by atoms with Crippen molar-refractivity contribution in [1.29, 1.82) is 0 Å². The minimum Gasteiger partial charge on any atom is -0.383 e. The van der Waals surface area contributed by atoms with Crippen LogP contribution in [0.3, 0.4) is 0 Å². The number of halogens is 1. The molecule has 1 unspecified atom stereocenters. The molecule has 0 saturated heterocycles. The van der Waals surface area contributed by atoms with Crippen LogP contribution in [0, 0.1) is 11.7 Å². The Kier molecular flexibility index (Phi) is 4.04. The van der Waals surface area contributed by atoms with Crippen molar-refractivity contribution in [3.63, 3.8) is 0 Å². The molecule has 4 nitrogen and oxygen atoms in total. The normalized spacial score (nSPS) is 12.6. The van der Waals surface area contributed by atoms with Gasteiger partial charge in [-0.3, -0.25) is 4.79 Å². The van der Waals surface area contributed by atoms with E-state index in [0.717, 1.165) is 12.3 Å². The molecule has 1 aromatic rings. The van der Waals surface area contributed by atoms with E-state index in [1.807, 2.05) is 20.8 Å². The first-order valence-electron chi connectivity index (χ1n) is 5.52. The van der Waals surface area contributed by atoms with Gasteiger partial charge in [-0.05, 0) is 18.9 Å². The average molecular weight is 239 g/mol. The average Bonchev–Trinajstić information content (AvgIpc) is 2.29. The van der Waals surface area contributed by atoms with E-state index in [0.29, 0.717) is 5.92 Å². The summed E-state index contributed by atoms with van der Waals surface area (Å²) < 4.78 is 13.0. The highest BCUT2D eigenvalue weighted by Gasteiger charge is 2.22. The van der Waals surface area contributed by atoms with Gasteiger partial charge in [0.15, 0.2) is 0 Å². The minimum absolute atomic E-state index is 0.0465. The second-order valence-electron chi connectivity index (χ2n) is 4.49. The molecule has 0 aliphatic carbocycles. The highest BCUT2D eigenvalue weighted by atomic mass is 19.1. The van der Waals surface area contributed by atoms with Crippen molar-refractivity contribution in [2.45, 2.75) is 26.8 Å². The summed E-state index contributed by atoms with van der Waals surface area (Å²) in [5.41, 5.74) is 5.69. The number of aromatic nitrogens is 1. The van der Waals surface area contributed by atoms with Crippen molar-refractivity contribution < 1.29 is 9.18 Å². The number of pyridine rings is 1. The first-order chi connectivity index (χ1) is 7.84. The monoisotopic (exact) mass is 239 g/mol. The van der Waals surface area contributed by atoms with E-state index < -0.39 is 5.82 Å². The fraction of sp³-hybridized carbons (Fsp3) is 0.500. The molecule has 5 heteroatoms. The van der Waals surface area contributed by atoms with E-state index in [2.05, 4.69) is 4.98 Å². The lowest BCUT2D eigenvalue weighted by atomic mass is 10.0. The van der Waals surface area contributed by atoms with Gasteiger partial charge in [0.1, 0.15) is 11.6 Å². The van der Waals surface area contributed by atoms with E-state index in [1.54, 1.807) is 11.9 Å². The van der Waals surface area contributed by atoms with Crippen molar-refractivity contribution in [3.05, 3.63) is 23.6 Å². The van der Waals surface area contributed by atoms with Gasteiger partial charge in [0.25, 0.3) is 5.91 Å². The molecule has 0 bridgehead atoms. The highest BCUT2D eigenvalue weighted by molar-refractivity contribution is 5.98. The van der Waals surface area contributed by atoms with Crippen LogP contribution in [0.5, 0.6) is 0 Å². The SMILES string of the molecule is CC(C)C(C)N(C)C(=O)c1cc(F)cnc1N. The first-order valence-corrected chi connectivity index (χ1v) is 5.52. The van der Waals surface area contributed by atoms with Crippen molar-refractivity contribution in [3.8, 4) is 0 Å². The summed E-state index contributed by atoms with van der Waals surface area (Å²) in [6.45, 7) is 5.97. The molecule has 1 atom stereocenters. The lowest BCUT2D eigenvalue weighted by Crippen LogP contribution is -2.38. The van der Waals surface area contributed by atoms with Crippen molar-refractivity contribution in [1.82, 2.24) is 9.88 Å². The quantitative estimate of drug-likeness (QED) is 0.876. The van der Waals surface area contributed by atoms with Crippen LogP contribution in [0.4, 0.5) is 10.2 Å². The van der Waals surface area contributed by atoms with Crippen molar-refractivity contribution in [2.75, 3.05) is 12.8 Å². The van der Waals surface area contributed by atoms with Crippen LogP contribution < -0.4 is 5.73 Å². The molecule has 1 amide bonds. The predicted molar refractivity (Wildman–Crippen MR) is 65.0 cm³/mol. The number of carbonyl (C=O) groups excluding carboxylic acids is 1. The number of hydrogen-bond acceptors (Lipinski definition) is 3. The molecule has 0 aromatic carbocycles. The van der Waals surface area contributed by atoms with Gasteiger partial charge in [-0.15, -0.1) is 0 Å². The zero-order valence-electron chi connectivity index (χ0n) is 10.6. The molecule has 0 spiro atoms. The van der Waals surface area contributed by atoms with E-state index in [1.165, 1.54) is 0 Å². The highest BCUT2D eigenvalue weighted by Crippen LogP contribution is 2.16. The van der Waals surface area contributed by atoms with Crippen LogP contribution in [-0.2, 0) is 0 Å². The van der Waals surface area contributed by atoms with Crippen LogP contribution in [0.25, 0.3) is 0 Å². The molecule has 0 aliphatic rings. The fourth-order valence-electron chi connectivity index (χ4n) is 1.44. The summed E-state index contributed by atoms with van der Waals surface area (Å²) in [5.74, 6) is -0.505. The molecule has 1 rings (SSSR count). The van der Waals surface area contributed by atoms with Gasteiger partial charge < -0.3 is 10.6 Å². The summed E-state index contributed by atoms with van der Waals surface area (Å²) in [6.07, 6.45) is 0.998. The van der Waals surface area contributed by atoms with Gasteiger partial charge in [-0.25, -0.2) is 9.37 Å². The molecule has 0 fully saturated rings. The van der Waals surface area contributed by atoms with Gasteiger partial charge in [0.2, 0.25) is 0 Å². The number of nitrogen functional groups attached to an aromatic ring is 1. The van der Waals surface area contributed by atoms with Crippen LogP contribution in [0.1, 0.15) is 31.1 Å². The summed E-state index contributed by atoms with van der Waals surface area (Å²) in [5, 5.41) is 0. The molecule has 1 aromatic heterocycles. The smallest absolute Gasteiger partial charge is 0.257 e. The second-order valence-corrected chi connectivity index (χ2v) is 4.49. The maximum absolute atomic E-state index is 13.0. The summed E-state index contributed by atoms with van der Waals surface area (Å²) >= 11 is 0. The van der Waals surface area contributed by atoms with Gasteiger partial charge in [0, 0.05) is 13.1 Å². The van der Waals surface area contributed by atoms with E-state index in [4.69, 9.17) is 5.73 Å². The lowest BCUT2D eigenvalue weighted by molar-refractivity contribution is 0.0707. The number of amides is 1. The van der Waals surface area contributed by atoms with E-state index in [9.17, 15) is 9.18 Å². The molecular weight excluding hydrogens is 221 g/mol. The molecule has 1 heterocycles. The van der Waals surface area contributed by atoms with Gasteiger partial charge in [-0.1, -0.05) is 13.8 Å². The number of hydrogen-bond donors (Lipinski definition) is 1. The van der Waals surface area contributed by atoms with Crippen LogP contribution in [-0.4, -0.2) is 28.9 Å². The maximum atomic E-state index is 13.0. The Morgan fingerprint density at radius 2 is 2.06 bits per heavy atom. The summed E-state index contributed by atoms with van der Waals surface area (Å²) in [6, 6.07) is 1.17. The fourth-order valence-corrected chi connectivity index (χ4v) is 1.44. The van der Waals surface area contributed by atoms with Crippen LogP contribution in [0.2, 0.25) is 0 Å². The number of nitrogens with two attached hydrogens (primary N) is 1. The van der Waals surface area contributed by atoms with Gasteiger partial charge >= 0.3 is 0 Å². The molecule has 0 radical (unpaired) electrons. The Morgan fingerprint density at radius 3 is 2.59 bits per heavy atom. The Labute approximate surface area is 101 Å². The number of rotatable bonds is 3. The standard InChI is InChI=1S/C12H18FN3O/c1-7(2)8(3)16(4)12(17)10-5-9(13)6-15-11(10)14/h5-8H,1-4H3,(H2,14,15). The molecule has 0 saturated carbocycles. The zero-order chi connectivity index (χ0) is 13.2. The Bertz CT molecular complexity index is 420. The molecular formula is C12H18FN3O. The van der Waals surface area contributed by atoms with E-state index in [-0.39, 0.29) is 23.3 Å². The second kappa shape index (κ2) is 5.12. The van der Waals surface area contributed by atoms with Crippen LogP contribution in [0.15, 0.2) is 12.3 Å².